The van der Waals surface area contributed by atoms with Gasteiger partial charge in [-0.2, -0.15) is 0 Å². The van der Waals surface area contributed by atoms with Crippen molar-refractivity contribution in [1.29, 1.82) is 0 Å². The summed E-state index contributed by atoms with van der Waals surface area (Å²) in [5.74, 6) is 1.56. The molecule has 1 N–H and O–H groups in total. The summed E-state index contributed by atoms with van der Waals surface area (Å²) < 4.78 is 17.1. The number of aryl methyl sites for hydroxylation is 1. The third-order valence-electron chi connectivity index (χ3n) is 7.69. The number of halogens is 1. The Balaban J connectivity index is 1.20. The first kappa shape index (κ1) is 23.9. The van der Waals surface area contributed by atoms with Crippen LogP contribution in [0.5, 0.6) is 0 Å². The second-order valence-corrected chi connectivity index (χ2v) is 10.7. The van der Waals surface area contributed by atoms with Gasteiger partial charge < -0.3 is 14.8 Å². The van der Waals surface area contributed by atoms with Gasteiger partial charge in [0.15, 0.2) is 5.82 Å². The van der Waals surface area contributed by atoms with E-state index in [1.807, 2.05) is 30.5 Å². The maximum atomic E-state index is 14.9. The van der Waals surface area contributed by atoms with Crippen LogP contribution in [0.25, 0.3) is 22.3 Å². The molecular formula is C28H33FN8. The highest BCUT2D eigenvalue weighted by Gasteiger charge is 2.32. The number of anilines is 2. The first-order valence-corrected chi connectivity index (χ1v) is 13.1. The van der Waals surface area contributed by atoms with Crippen LogP contribution < -0.4 is 5.32 Å². The molecule has 192 valence electrons. The molecule has 1 fully saturated rings. The normalized spacial score (nSPS) is 17.8. The van der Waals surface area contributed by atoms with Gasteiger partial charge in [0.2, 0.25) is 5.95 Å². The molecule has 1 aromatic carbocycles. The molecule has 5 heterocycles. The van der Waals surface area contributed by atoms with Gasteiger partial charge in [-0.05, 0) is 50.6 Å². The molecule has 2 aliphatic heterocycles. The van der Waals surface area contributed by atoms with Gasteiger partial charge in [-0.15, -0.1) is 0 Å². The smallest absolute Gasteiger partial charge is 0.229 e. The first-order valence-electron chi connectivity index (χ1n) is 13.1. The number of nitrogens with zero attached hydrogens (tertiary/aromatic N) is 7. The zero-order chi connectivity index (χ0) is 25.6. The van der Waals surface area contributed by atoms with Crippen molar-refractivity contribution in [3.8, 4) is 11.3 Å². The minimum Gasteiger partial charge on any atom is -0.322 e. The fourth-order valence-corrected chi connectivity index (χ4v) is 5.50. The molecule has 9 heteroatoms. The Hall–Kier alpha value is -3.43. The second kappa shape index (κ2) is 9.46. The van der Waals surface area contributed by atoms with E-state index in [4.69, 9.17) is 4.98 Å². The first-order chi connectivity index (χ1) is 17.9. The van der Waals surface area contributed by atoms with Crippen LogP contribution in [0.2, 0.25) is 0 Å². The number of pyridine rings is 1. The fraction of sp³-hybridized carbons (Fsp3) is 0.429. The zero-order valence-electron chi connectivity index (χ0n) is 21.7. The molecule has 0 radical (unpaired) electrons. The summed E-state index contributed by atoms with van der Waals surface area (Å²) in [7, 11) is 0. The van der Waals surface area contributed by atoms with Gasteiger partial charge in [0, 0.05) is 56.4 Å². The SMILES string of the molecule is CCN1CCN(Cc2ccc(Nc3ncc(F)c(-c4ccc5nc6n(c5c4)C(C)(C)CC6)n3)nc2)CC1. The highest BCUT2D eigenvalue weighted by atomic mass is 19.1. The molecule has 0 spiro atoms. The maximum Gasteiger partial charge on any atom is 0.229 e. The van der Waals surface area contributed by atoms with Crippen molar-refractivity contribution >= 4 is 22.8 Å². The van der Waals surface area contributed by atoms with E-state index in [1.165, 1.54) is 11.8 Å². The number of piperazine rings is 1. The quantitative estimate of drug-likeness (QED) is 0.415. The minimum absolute atomic E-state index is 0.0126. The van der Waals surface area contributed by atoms with Crippen molar-refractivity contribution in [2.75, 3.05) is 38.0 Å². The molecule has 8 nitrogen and oxygen atoms in total. The largest absolute Gasteiger partial charge is 0.322 e. The summed E-state index contributed by atoms with van der Waals surface area (Å²) in [5, 5.41) is 3.13. The van der Waals surface area contributed by atoms with Crippen LogP contribution in [-0.2, 0) is 18.5 Å². The molecule has 0 unspecified atom stereocenters. The van der Waals surface area contributed by atoms with Crippen LogP contribution in [0.4, 0.5) is 16.2 Å². The summed E-state index contributed by atoms with van der Waals surface area (Å²) in [6, 6.07) is 9.81. The summed E-state index contributed by atoms with van der Waals surface area (Å²) in [5.41, 5.74) is 4.05. The van der Waals surface area contributed by atoms with E-state index >= 15 is 0 Å². The number of nitrogens with one attached hydrogen (secondary N) is 1. The van der Waals surface area contributed by atoms with Gasteiger partial charge in [-0.25, -0.2) is 24.3 Å². The molecule has 2 aliphatic rings. The molecule has 0 atom stereocenters. The van der Waals surface area contributed by atoms with Gasteiger partial charge in [0.05, 0.1) is 17.2 Å². The molecule has 6 rings (SSSR count). The van der Waals surface area contributed by atoms with Crippen LogP contribution in [0, 0.1) is 5.82 Å². The molecule has 1 saturated heterocycles. The number of benzene rings is 1. The topological polar surface area (TPSA) is 75.0 Å². The van der Waals surface area contributed by atoms with Crippen LogP contribution in [0.3, 0.4) is 0 Å². The fourth-order valence-electron chi connectivity index (χ4n) is 5.50. The van der Waals surface area contributed by atoms with E-state index in [1.54, 1.807) is 0 Å². The number of likely N-dealkylation sites (N-methyl/N-ethyl adjacent to an activating group) is 1. The highest BCUT2D eigenvalue weighted by molar-refractivity contribution is 5.82. The average Bonchev–Trinajstić information content (AvgIpc) is 3.43. The Morgan fingerprint density at radius 2 is 1.78 bits per heavy atom. The van der Waals surface area contributed by atoms with Crippen LogP contribution >= 0.6 is 0 Å². The maximum absolute atomic E-state index is 14.9. The van der Waals surface area contributed by atoms with Crippen LogP contribution in [0.1, 0.15) is 38.6 Å². The van der Waals surface area contributed by atoms with Crippen LogP contribution in [-0.4, -0.2) is 67.0 Å². The number of imidazole rings is 1. The lowest BCUT2D eigenvalue weighted by Crippen LogP contribution is -2.45. The van der Waals surface area contributed by atoms with Crippen molar-refractivity contribution in [3.63, 3.8) is 0 Å². The highest BCUT2D eigenvalue weighted by Crippen LogP contribution is 2.36. The minimum atomic E-state index is -0.461. The standard InChI is InChI=1S/C28H33FN8/c1-4-35-11-13-36(14-12-35)18-19-5-8-24(30-16-19)33-27-31-17-21(29)26(34-27)20-6-7-22-23(15-20)37-25(32-22)9-10-28(37,2)3/h5-8,15-17H,4,9-14,18H2,1-3H3,(H,30,31,33,34). The molecule has 0 amide bonds. The van der Waals surface area contributed by atoms with E-state index < -0.39 is 5.82 Å². The summed E-state index contributed by atoms with van der Waals surface area (Å²) in [6.07, 6.45) is 5.10. The third-order valence-corrected chi connectivity index (χ3v) is 7.69. The Morgan fingerprint density at radius 3 is 2.54 bits per heavy atom. The lowest BCUT2D eigenvalue weighted by atomic mass is 10.0. The van der Waals surface area contributed by atoms with Crippen LogP contribution in [0.15, 0.2) is 42.7 Å². The summed E-state index contributed by atoms with van der Waals surface area (Å²) in [6.45, 7) is 13.0. The van der Waals surface area contributed by atoms with Gasteiger partial charge in [0.1, 0.15) is 17.3 Å². The molecule has 0 saturated carbocycles. The van der Waals surface area contributed by atoms with E-state index in [9.17, 15) is 4.39 Å². The second-order valence-electron chi connectivity index (χ2n) is 10.7. The van der Waals surface area contributed by atoms with E-state index in [0.29, 0.717) is 17.3 Å². The monoisotopic (exact) mass is 500 g/mol. The summed E-state index contributed by atoms with van der Waals surface area (Å²) >= 11 is 0. The van der Waals surface area contributed by atoms with Crippen molar-refractivity contribution in [2.24, 2.45) is 0 Å². The lowest BCUT2D eigenvalue weighted by Gasteiger charge is -2.33. The Labute approximate surface area is 216 Å². The predicted molar refractivity (Wildman–Crippen MR) is 143 cm³/mol. The number of aromatic nitrogens is 5. The lowest BCUT2D eigenvalue weighted by molar-refractivity contribution is 0.132. The average molecular weight is 501 g/mol. The number of fused-ring (bicyclic) bond motifs is 3. The molecule has 3 aromatic heterocycles. The molecule has 37 heavy (non-hydrogen) atoms. The molecular weight excluding hydrogens is 467 g/mol. The van der Waals surface area contributed by atoms with E-state index in [0.717, 1.165) is 69.0 Å². The third kappa shape index (κ3) is 4.69. The number of hydrogen-bond acceptors (Lipinski definition) is 7. The molecule has 0 bridgehead atoms. The predicted octanol–water partition coefficient (Wildman–Crippen LogP) is 4.59. The van der Waals surface area contributed by atoms with Crippen molar-refractivity contribution in [2.45, 2.75) is 45.7 Å². The Kier molecular flexibility index (Phi) is 6.12. The van der Waals surface area contributed by atoms with Gasteiger partial charge in [-0.1, -0.05) is 19.1 Å². The zero-order valence-corrected chi connectivity index (χ0v) is 21.7. The van der Waals surface area contributed by atoms with Crippen molar-refractivity contribution in [3.05, 3.63) is 59.9 Å². The van der Waals surface area contributed by atoms with Gasteiger partial charge in [0.25, 0.3) is 0 Å². The number of rotatable bonds is 6. The molecule has 4 aromatic rings. The van der Waals surface area contributed by atoms with E-state index in [2.05, 4.69) is 61.5 Å². The summed E-state index contributed by atoms with van der Waals surface area (Å²) in [4.78, 5) is 22.9. The van der Waals surface area contributed by atoms with Gasteiger partial charge >= 0.3 is 0 Å². The Morgan fingerprint density at radius 1 is 0.973 bits per heavy atom. The van der Waals surface area contributed by atoms with Crippen molar-refractivity contribution in [1.82, 2.24) is 34.3 Å². The van der Waals surface area contributed by atoms with Gasteiger partial charge in [-0.3, -0.25) is 4.90 Å². The Bertz CT molecular complexity index is 1420. The van der Waals surface area contributed by atoms with Crippen molar-refractivity contribution < 1.29 is 4.39 Å². The van der Waals surface area contributed by atoms with E-state index in [-0.39, 0.29) is 11.2 Å². The number of hydrogen-bond donors (Lipinski definition) is 1. The molecule has 0 aliphatic carbocycles.